The molecule has 130 valence electrons. The molecular formula is C14H19N5O5. The number of carbonyl (C=O) groups excluding carboxylic acids is 2. The zero-order chi connectivity index (χ0) is 18.1. The Morgan fingerprint density at radius 2 is 2.00 bits per heavy atom. The Labute approximate surface area is 137 Å². The van der Waals surface area contributed by atoms with Crippen LogP contribution in [0.2, 0.25) is 0 Å². The largest absolute Gasteiger partial charge is 0.481 e. The smallest absolute Gasteiger partial charge is 0.305 e. The lowest BCUT2D eigenvalue weighted by molar-refractivity contribution is -0.138. The van der Waals surface area contributed by atoms with E-state index < -0.39 is 36.9 Å². The number of guanidine groups is 1. The number of benzene rings is 1. The highest BCUT2D eigenvalue weighted by Gasteiger charge is 2.15. The molecule has 0 unspecified atom stereocenters. The van der Waals surface area contributed by atoms with Gasteiger partial charge in [0.15, 0.2) is 5.96 Å². The summed E-state index contributed by atoms with van der Waals surface area (Å²) < 4.78 is 0. The van der Waals surface area contributed by atoms with Crippen molar-refractivity contribution < 1.29 is 24.6 Å². The molecule has 1 atom stereocenters. The van der Waals surface area contributed by atoms with Crippen molar-refractivity contribution in [3.63, 3.8) is 0 Å². The number of nitrogens with one attached hydrogen (secondary N) is 4. The van der Waals surface area contributed by atoms with Crippen LogP contribution in [0.3, 0.4) is 0 Å². The maximum absolute atomic E-state index is 12.0. The topological polar surface area (TPSA) is 178 Å². The minimum absolute atomic E-state index is 0.248. The molecule has 8 N–H and O–H groups in total. The Hall–Kier alpha value is -3.14. The fourth-order valence-corrected chi connectivity index (χ4v) is 1.81. The van der Waals surface area contributed by atoms with E-state index in [0.29, 0.717) is 5.69 Å². The van der Waals surface area contributed by atoms with Crippen molar-refractivity contribution in [2.75, 3.05) is 18.5 Å². The predicted octanol–water partition coefficient (Wildman–Crippen LogP) is -1.33. The molecule has 10 heteroatoms. The number of nitrogens with two attached hydrogens (primary N) is 1. The average molecular weight is 337 g/mol. The van der Waals surface area contributed by atoms with Gasteiger partial charge in [0.05, 0.1) is 25.6 Å². The maximum Gasteiger partial charge on any atom is 0.305 e. The van der Waals surface area contributed by atoms with Gasteiger partial charge in [0.25, 0.3) is 5.91 Å². The molecule has 0 aliphatic carbocycles. The number of carboxylic acids is 1. The van der Waals surface area contributed by atoms with Crippen molar-refractivity contribution in [3.05, 3.63) is 29.8 Å². The SMILES string of the molecule is N=C(N)Nc1cccc(C(=O)NCC(=O)N[C@H](CO)CC(=O)O)c1. The number of anilines is 1. The molecule has 0 heterocycles. The fraction of sp³-hybridized carbons (Fsp3) is 0.286. The summed E-state index contributed by atoms with van der Waals surface area (Å²) in [4.78, 5) is 34.2. The van der Waals surface area contributed by atoms with Gasteiger partial charge in [-0.15, -0.1) is 0 Å². The Morgan fingerprint density at radius 1 is 1.29 bits per heavy atom. The molecule has 0 aliphatic rings. The van der Waals surface area contributed by atoms with E-state index >= 15 is 0 Å². The third kappa shape index (κ3) is 6.75. The summed E-state index contributed by atoms with van der Waals surface area (Å²) >= 11 is 0. The van der Waals surface area contributed by atoms with Gasteiger partial charge in [-0.05, 0) is 18.2 Å². The minimum atomic E-state index is -1.16. The second kappa shape index (κ2) is 9.10. The summed E-state index contributed by atoms with van der Waals surface area (Å²) in [5.74, 6) is -2.59. The first-order valence-corrected chi connectivity index (χ1v) is 6.93. The summed E-state index contributed by atoms with van der Waals surface area (Å²) in [7, 11) is 0. The van der Waals surface area contributed by atoms with Crippen molar-refractivity contribution in [1.29, 1.82) is 5.41 Å². The van der Waals surface area contributed by atoms with Crippen molar-refractivity contribution >= 4 is 29.4 Å². The Kier molecular flexibility index (Phi) is 7.17. The fourth-order valence-electron chi connectivity index (χ4n) is 1.81. The monoisotopic (exact) mass is 337 g/mol. The van der Waals surface area contributed by atoms with Crippen molar-refractivity contribution in [3.8, 4) is 0 Å². The normalized spacial score (nSPS) is 11.2. The quantitative estimate of drug-likeness (QED) is 0.227. The van der Waals surface area contributed by atoms with Crippen molar-refractivity contribution in [2.24, 2.45) is 5.73 Å². The minimum Gasteiger partial charge on any atom is -0.481 e. The van der Waals surface area contributed by atoms with E-state index in [-0.39, 0.29) is 18.1 Å². The third-order valence-electron chi connectivity index (χ3n) is 2.82. The van der Waals surface area contributed by atoms with Crippen LogP contribution in [0.25, 0.3) is 0 Å². The van der Waals surface area contributed by atoms with Gasteiger partial charge in [-0.3, -0.25) is 19.8 Å². The average Bonchev–Trinajstić information content (AvgIpc) is 2.51. The number of hydrogen-bond donors (Lipinski definition) is 7. The van der Waals surface area contributed by atoms with Crippen LogP contribution in [0.5, 0.6) is 0 Å². The molecule has 0 bridgehead atoms. The van der Waals surface area contributed by atoms with Crippen LogP contribution in [-0.2, 0) is 9.59 Å². The summed E-state index contributed by atoms with van der Waals surface area (Å²) in [6.45, 7) is -0.899. The van der Waals surface area contributed by atoms with Crippen LogP contribution in [0.4, 0.5) is 5.69 Å². The highest BCUT2D eigenvalue weighted by Crippen LogP contribution is 2.10. The number of aliphatic carboxylic acids is 1. The van der Waals surface area contributed by atoms with Gasteiger partial charge >= 0.3 is 5.97 Å². The molecule has 24 heavy (non-hydrogen) atoms. The van der Waals surface area contributed by atoms with E-state index in [1.165, 1.54) is 12.1 Å². The lowest BCUT2D eigenvalue weighted by atomic mass is 10.2. The van der Waals surface area contributed by atoms with Crippen molar-refractivity contribution in [1.82, 2.24) is 10.6 Å². The first-order chi connectivity index (χ1) is 11.3. The lowest BCUT2D eigenvalue weighted by Crippen LogP contribution is -2.44. The number of aliphatic hydroxyl groups is 1. The first-order valence-electron chi connectivity index (χ1n) is 6.93. The number of rotatable bonds is 8. The van der Waals surface area contributed by atoms with Crippen LogP contribution >= 0.6 is 0 Å². The standard InChI is InChI=1S/C14H19N5O5/c15-14(16)19-9-3-1-2-8(4-9)13(24)17-6-11(21)18-10(7-20)5-12(22)23/h1-4,10,20H,5-7H2,(H,17,24)(H,18,21)(H,22,23)(H4,15,16,19)/t10-/m0/s1. The van der Waals surface area contributed by atoms with Crippen LogP contribution in [0, 0.1) is 5.41 Å². The van der Waals surface area contributed by atoms with Crippen molar-refractivity contribution in [2.45, 2.75) is 12.5 Å². The Bertz CT molecular complexity index is 634. The molecule has 1 aromatic rings. The Morgan fingerprint density at radius 3 is 2.58 bits per heavy atom. The van der Waals surface area contributed by atoms with Crippen LogP contribution in [-0.4, -0.2) is 53.1 Å². The van der Waals surface area contributed by atoms with E-state index in [9.17, 15) is 14.4 Å². The molecule has 0 fully saturated rings. The highest BCUT2D eigenvalue weighted by molar-refractivity contribution is 5.98. The molecule has 1 aromatic carbocycles. The van der Waals surface area contributed by atoms with Gasteiger partial charge in [-0.1, -0.05) is 6.07 Å². The predicted molar refractivity (Wildman–Crippen MR) is 85.6 cm³/mol. The molecule has 0 radical (unpaired) electrons. The van der Waals surface area contributed by atoms with Gasteiger partial charge in [-0.25, -0.2) is 0 Å². The molecule has 2 amide bonds. The number of aliphatic hydroxyl groups excluding tert-OH is 1. The first kappa shape index (κ1) is 18.9. The second-order valence-electron chi connectivity index (χ2n) is 4.85. The third-order valence-corrected chi connectivity index (χ3v) is 2.82. The molecule has 1 rings (SSSR count). The van der Waals surface area contributed by atoms with Crippen LogP contribution in [0.15, 0.2) is 24.3 Å². The van der Waals surface area contributed by atoms with E-state index in [2.05, 4.69) is 16.0 Å². The molecular weight excluding hydrogens is 318 g/mol. The zero-order valence-corrected chi connectivity index (χ0v) is 12.7. The number of amides is 2. The van der Waals surface area contributed by atoms with Crippen LogP contribution < -0.4 is 21.7 Å². The summed E-state index contributed by atoms with van der Waals surface area (Å²) in [6.07, 6.45) is -0.422. The molecule has 0 aliphatic heterocycles. The molecule has 10 nitrogen and oxygen atoms in total. The molecule has 0 saturated heterocycles. The molecule has 0 spiro atoms. The number of carbonyl (C=O) groups is 3. The van der Waals surface area contributed by atoms with E-state index in [1.54, 1.807) is 12.1 Å². The van der Waals surface area contributed by atoms with E-state index in [0.717, 1.165) is 0 Å². The van der Waals surface area contributed by atoms with E-state index in [4.69, 9.17) is 21.4 Å². The number of hydrogen-bond acceptors (Lipinski definition) is 5. The van der Waals surface area contributed by atoms with Crippen LogP contribution in [0.1, 0.15) is 16.8 Å². The second-order valence-corrected chi connectivity index (χ2v) is 4.85. The van der Waals surface area contributed by atoms with Gasteiger partial charge in [0.2, 0.25) is 5.91 Å². The summed E-state index contributed by atoms with van der Waals surface area (Å²) in [5.41, 5.74) is 5.89. The molecule has 0 saturated carbocycles. The highest BCUT2D eigenvalue weighted by atomic mass is 16.4. The van der Waals surface area contributed by atoms with Gasteiger partial charge in [0.1, 0.15) is 0 Å². The number of carboxylic acid groups (broad SMARTS) is 1. The molecule has 0 aromatic heterocycles. The van der Waals surface area contributed by atoms with Gasteiger partial charge < -0.3 is 31.9 Å². The zero-order valence-electron chi connectivity index (χ0n) is 12.7. The summed E-state index contributed by atoms with van der Waals surface area (Å²) in [5, 5.41) is 31.9. The Balaban J connectivity index is 2.54. The lowest BCUT2D eigenvalue weighted by Gasteiger charge is -2.14. The maximum atomic E-state index is 12.0. The van der Waals surface area contributed by atoms with Gasteiger partial charge in [-0.2, -0.15) is 0 Å². The summed E-state index contributed by atoms with van der Waals surface area (Å²) in [6, 6.07) is 5.24. The van der Waals surface area contributed by atoms with Gasteiger partial charge in [0, 0.05) is 11.3 Å². The van der Waals surface area contributed by atoms with E-state index in [1.807, 2.05) is 0 Å².